The Hall–Kier alpha value is -3.14. The van der Waals surface area contributed by atoms with Crippen LogP contribution in [0.5, 0.6) is 0 Å². The van der Waals surface area contributed by atoms with Crippen molar-refractivity contribution in [1.82, 2.24) is 29.2 Å². The van der Waals surface area contributed by atoms with E-state index in [4.69, 9.17) is 14.5 Å². The molecule has 4 aromatic rings. The highest BCUT2D eigenvalue weighted by molar-refractivity contribution is 6.02. The number of aromatic nitrogens is 5. The maximum Gasteiger partial charge on any atom is 0.330 e. The molecule has 3 fully saturated rings. The van der Waals surface area contributed by atoms with Gasteiger partial charge < -0.3 is 14.4 Å². The van der Waals surface area contributed by atoms with Gasteiger partial charge in [0.2, 0.25) is 0 Å². The molecule has 0 radical (unpaired) electrons. The second-order valence-electron chi connectivity index (χ2n) is 11.7. The molecule has 9 heteroatoms. The first-order valence-electron chi connectivity index (χ1n) is 14.3. The molecule has 1 saturated carbocycles. The van der Waals surface area contributed by atoms with E-state index in [1.54, 1.807) is 11.6 Å². The van der Waals surface area contributed by atoms with Gasteiger partial charge in [0.05, 0.1) is 23.9 Å². The molecular weight excluding hydrogens is 492 g/mol. The minimum absolute atomic E-state index is 0.0544. The molecule has 1 spiro atoms. The number of rotatable bonds is 7. The van der Waals surface area contributed by atoms with Gasteiger partial charge in [0.25, 0.3) is 0 Å². The fourth-order valence-electron chi connectivity index (χ4n) is 6.42. The van der Waals surface area contributed by atoms with Crippen LogP contribution < -0.4 is 5.69 Å². The smallest absolute Gasteiger partial charge is 0.330 e. The number of fused-ring (bicyclic) bond motifs is 3. The van der Waals surface area contributed by atoms with Gasteiger partial charge in [-0.25, -0.2) is 4.79 Å². The predicted molar refractivity (Wildman–Crippen MR) is 150 cm³/mol. The Morgan fingerprint density at radius 1 is 1.10 bits per heavy atom. The van der Waals surface area contributed by atoms with Crippen molar-refractivity contribution in [3.05, 3.63) is 52.7 Å². The van der Waals surface area contributed by atoms with Crippen LogP contribution in [0.1, 0.15) is 56.9 Å². The van der Waals surface area contributed by atoms with Crippen LogP contribution in [0.25, 0.3) is 33.2 Å². The summed E-state index contributed by atoms with van der Waals surface area (Å²) in [5.74, 6) is 0. The number of benzene rings is 1. The Labute approximate surface area is 227 Å². The highest BCUT2D eigenvalue weighted by atomic mass is 16.5. The topological polar surface area (TPSA) is 87.3 Å². The number of ether oxygens (including phenoxy) is 2. The van der Waals surface area contributed by atoms with Crippen molar-refractivity contribution in [2.45, 2.75) is 51.2 Å². The highest BCUT2D eigenvalue weighted by Crippen LogP contribution is 2.52. The van der Waals surface area contributed by atoms with Gasteiger partial charge >= 0.3 is 5.69 Å². The van der Waals surface area contributed by atoms with Crippen molar-refractivity contribution < 1.29 is 9.47 Å². The fraction of sp³-hybridized carbons (Fsp3) is 0.533. The fourth-order valence-corrected chi connectivity index (χ4v) is 6.42. The molecule has 204 valence electrons. The summed E-state index contributed by atoms with van der Waals surface area (Å²) in [6.07, 6.45) is 7.66. The average molecular weight is 529 g/mol. The number of aryl methyl sites for hydroxylation is 1. The second kappa shape index (κ2) is 9.80. The van der Waals surface area contributed by atoms with Crippen LogP contribution in [0.2, 0.25) is 0 Å². The lowest BCUT2D eigenvalue weighted by Crippen LogP contribution is -2.29. The first kappa shape index (κ1) is 24.9. The normalized spacial score (nSPS) is 20.4. The van der Waals surface area contributed by atoms with Crippen molar-refractivity contribution in [3.8, 4) is 11.1 Å². The van der Waals surface area contributed by atoms with E-state index in [0.29, 0.717) is 24.3 Å². The maximum absolute atomic E-state index is 13.3. The van der Waals surface area contributed by atoms with Crippen LogP contribution in [-0.2, 0) is 16.5 Å². The molecule has 0 unspecified atom stereocenters. The highest BCUT2D eigenvalue weighted by Gasteiger charge is 2.47. The molecule has 5 heterocycles. The summed E-state index contributed by atoms with van der Waals surface area (Å²) in [5.41, 5.74) is 5.81. The minimum atomic E-state index is -0.0547. The SMILES string of the molecule is C[C@@H](OCCN1CCC2(CC2)C1)c1ccc(-c2ccc3nnc4c(c3c2)n(C2CCOCC2)c(=O)n4C)cn1. The van der Waals surface area contributed by atoms with Crippen molar-refractivity contribution in [2.75, 3.05) is 39.5 Å². The zero-order valence-electron chi connectivity index (χ0n) is 22.8. The van der Waals surface area contributed by atoms with Gasteiger partial charge in [-0.2, -0.15) is 0 Å². The Morgan fingerprint density at radius 2 is 1.92 bits per heavy atom. The third-order valence-electron chi connectivity index (χ3n) is 9.11. The molecule has 7 rings (SSSR count). The quantitative estimate of drug-likeness (QED) is 0.354. The largest absolute Gasteiger partial charge is 0.381 e. The molecule has 3 aromatic heterocycles. The minimum Gasteiger partial charge on any atom is -0.381 e. The van der Waals surface area contributed by atoms with E-state index in [0.717, 1.165) is 59.2 Å². The first-order valence-corrected chi connectivity index (χ1v) is 14.3. The monoisotopic (exact) mass is 528 g/mol. The molecule has 39 heavy (non-hydrogen) atoms. The summed E-state index contributed by atoms with van der Waals surface area (Å²) >= 11 is 0. The molecule has 2 saturated heterocycles. The molecular formula is C30H36N6O3. The maximum atomic E-state index is 13.3. The number of likely N-dealkylation sites (tertiary alicyclic amines) is 1. The van der Waals surface area contributed by atoms with Crippen molar-refractivity contribution >= 4 is 22.1 Å². The number of hydrogen-bond donors (Lipinski definition) is 0. The molecule has 1 aromatic carbocycles. The Kier molecular flexibility index (Phi) is 6.25. The summed E-state index contributed by atoms with van der Waals surface area (Å²) in [5, 5.41) is 9.76. The van der Waals surface area contributed by atoms with E-state index in [2.05, 4.69) is 40.2 Å². The van der Waals surface area contributed by atoms with Crippen molar-refractivity contribution in [3.63, 3.8) is 0 Å². The van der Waals surface area contributed by atoms with Gasteiger partial charge in [0.15, 0.2) is 5.65 Å². The summed E-state index contributed by atoms with van der Waals surface area (Å²) in [4.78, 5) is 20.6. The van der Waals surface area contributed by atoms with Gasteiger partial charge in [-0.05, 0) is 74.8 Å². The van der Waals surface area contributed by atoms with Gasteiger partial charge in [0.1, 0.15) is 5.52 Å². The van der Waals surface area contributed by atoms with Crippen molar-refractivity contribution in [1.29, 1.82) is 0 Å². The molecule has 1 aliphatic carbocycles. The van der Waals surface area contributed by atoms with E-state index in [1.165, 1.54) is 32.4 Å². The number of hydrogen-bond acceptors (Lipinski definition) is 7. The predicted octanol–water partition coefficient (Wildman–Crippen LogP) is 4.26. The van der Waals surface area contributed by atoms with E-state index >= 15 is 0 Å². The molecule has 2 aliphatic heterocycles. The number of pyridine rings is 1. The van der Waals surface area contributed by atoms with Gasteiger partial charge in [-0.3, -0.25) is 14.1 Å². The van der Waals surface area contributed by atoms with Crippen molar-refractivity contribution in [2.24, 2.45) is 12.5 Å². The third-order valence-corrected chi connectivity index (χ3v) is 9.11. The number of imidazole rings is 1. The van der Waals surface area contributed by atoms with Gasteiger partial charge in [0, 0.05) is 56.5 Å². The van der Waals surface area contributed by atoms with E-state index in [1.807, 2.05) is 22.9 Å². The lowest BCUT2D eigenvalue weighted by atomic mass is 10.0. The molecule has 1 atom stereocenters. The second-order valence-corrected chi connectivity index (χ2v) is 11.7. The molecule has 0 amide bonds. The summed E-state index contributed by atoms with van der Waals surface area (Å²) in [6.45, 7) is 7.58. The molecule has 9 nitrogen and oxygen atoms in total. The average Bonchev–Trinajstić information content (AvgIpc) is 3.54. The zero-order chi connectivity index (χ0) is 26.6. The van der Waals surface area contributed by atoms with Gasteiger partial charge in [-0.1, -0.05) is 12.1 Å². The summed E-state index contributed by atoms with van der Waals surface area (Å²) < 4.78 is 15.2. The standard InChI is InChI=1S/C30H36N6O3/c1-20(39-16-13-35-12-11-30(19-35)9-10-30)25-5-4-22(18-31-25)21-3-6-26-24(17-21)27-28(33-32-26)34(2)29(37)36(27)23-7-14-38-15-8-23/h3-6,17-18,20,23H,7-16,19H2,1-2H3/t20-/m1/s1. The van der Waals surface area contributed by atoms with Crippen LogP contribution in [0.4, 0.5) is 0 Å². The first-order chi connectivity index (χ1) is 19.0. The van der Waals surface area contributed by atoms with Crippen LogP contribution in [-0.4, -0.2) is 68.7 Å². The lowest BCUT2D eigenvalue weighted by molar-refractivity contribution is 0.0485. The Bertz CT molecular complexity index is 1570. The molecule has 0 bridgehead atoms. The van der Waals surface area contributed by atoms with Gasteiger partial charge in [-0.15, -0.1) is 10.2 Å². The Morgan fingerprint density at radius 3 is 2.67 bits per heavy atom. The molecule has 0 N–H and O–H groups in total. The van der Waals surface area contributed by atoms with Crippen LogP contribution in [0, 0.1) is 5.41 Å². The Balaban J connectivity index is 1.12. The summed E-state index contributed by atoms with van der Waals surface area (Å²) in [7, 11) is 1.77. The van der Waals surface area contributed by atoms with E-state index < -0.39 is 0 Å². The lowest BCUT2D eigenvalue weighted by Gasteiger charge is -2.23. The van der Waals surface area contributed by atoms with E-state index in [9.17, 15) is 4.79 Å². The van der Waals surface area contributed by atoms with Crippen LogP contribution in [0.3, 0.4) is 0 Å². The summed E-state index contributed by atoms with van der Waals surface area (Å²) in [6, 6.07) is 10.4. The zero-order valence-corrected chi connectivity index (χ0v) is 22.8. The number of nitrogens with zero attached hydrogens (tertiary/aromatic N) is 6. The van der Waals surface area contributed by atoms with E-state index in [-0.39, 0.29) is 17.8 Å². The van der Waals surface area contributed by atoms with Crippen LogP contribution >= 0.6 is 0 Å². The van der Waals surface area contributed by atoms with Crippen LogP contribution in [0.15, 0.2) is 41.3 Å². The third kappa shape index (κ3) is 4.56. The molecule has 3 aliphatic rings.